The number of rotatable bonds is 12. The molecule has 0 aliphatic heterocycles. The number of amides is 2. The average Bonchev–Trinajstić information content (AvgIpc) is 2.76. The van der Waals surface area contributed by atoms with E-state index in [-0.39, 0.29) is 43.8 Å². The largest absolute Gasteiger partial charge is 0.459 e. The quantitative estimate of drug-likeness (QED) is 0.204. The Kier molecular flexibility index (Phi) is 12.5. The smallest absolute Gasteiger partial charge is 0.407 e. The molecular formula is C21H32N2O8. The highest BCUT2D eigenvalue weighted by Gasteiger charge is 2.23. The lowest BCUT2D eigenvalue weighted by Gasteiger charge is -2.29. The van der Waals surface area contributed by atoms with Gasteiger partial charge in [0.05, 0.1) is 0 Å². The van der Waals surface area contributed by atoms with Crippen molar-refractivity contribution in [2.75, 3.05) is 39.5 Å². The fourth-order valence-corrected chi connectivity index (χ4v) is 3.06. The zero-order valence-corrected chi connectivity index (χ0v) is 18.0. The van der Waals surface area contributed by atoms with Gasteiger partial charge in [0.25, 0.3) is 0 Å². The fourth-order valence-electron chi connectivity index (χ4n) is 3.06. The SMILES string of the molecule is C=CC(=O)OCCOC(=O)NCC1CCCC(CNC(=O)OCCOC(=O)C(=C)C)C1. The summed E-state index contributed by atoms with van der Waals surface area (Å²) >= 11 is 0. The van der Waals surface area contributed by atoms with Crippen molar-refractivity contribution in [1.82, 2.24) is 10.6 Å². The molecule has 0 saturated heterocycles. The van der Waals surface area contributed by atoms with Crippen molar-refractivity contribution in [3.63, 3.8) is 0 Å². The number of hydrogen-bond donors (Lipinski definition) is 2. The lowest BCUT2D eigenvalue weighted by molar-refractivity contribution is -0.140. The molecule has 0 bridgehead atoms. The van der Waals surface area contributed by atoms with E-state index in [9.17, 15) is 19.2 Å². The molecule has 0 aromatic heterocycles. The van der Waals surface area contributed by atoms with Crippen LogP contribution < -0.4 is 10.6 Å². The maximum absolute atomic E-state index is 11.7. The van der Waals surface area contributed by atoms with E-state index < -0.39 is 24.1 Å². The molecule has 31 heavy (non-hydrogen) atoms. The van der Waals surface area contributed by atoms with Crippen LogP contribution in [0.5, 0.6) is 0 Å². The third-order valence-electron chi connectivity index (χ3n) is 4.59. The molecule has 1 fully saturated rings. The summed E-state index contributed by atoms with van der Waals surface area (Å²) < 4.78 is 19.5. The zero-order chi connectivity index (χ0) is 23.1. The second-order valence-electron chi connectivity index (χ2n) is 7.22. The molecule has 1 saturated carbocycles. The molecule has 0 aromatic carbocycles. The van der Waals surface area contributed by atoms with Gasteiger partial charge in [-0.2, -0.15) is 0 Å². The number of carbonyl (C=O) groups is 4. The van der Waals surface area contributed by atoms with Gasteiger partial charge < -0.3 is 29.6 Å². The van der Waals surface area contributed by atoms with Crippen LogP contribution in [-0.4, -0.2) is 63.6 Å². The fraction of sp³-hybridized carbons (Fsp3) is 0.619. The Morgan fingerprint density at radius 2 is 1.35 bits per heavy atom. The summed E-state index contributed by atoms with van der Waals surface area (Å²) in [6.45, 7) is 9.10. The summed E-state index contributed by atoms with van der Waals surface area (Å²) in [5.74, 6) is -0.528. The first-order valence-corrected chi connectivity index (χ1v) is 10.2. The standard InChI is InChI=1S/C21H32N2O8/c1-4-18(24)28-8-10-30-20(26)22-13-16-6-5-7-17(12-16)14-23-21(27)31-11-9-29-19(25)15(2)3/h4,16-17H,1-2,5-14H2,3H3,(H,22,26)(H,23,27). The van der Waals surface area contributed by atoms with Gasteiger partial charge in [-0.15, -0.1) is 0 Å². The first-order valence-electron chi connectivity index (χ1n) is 10.2. The van der Waals surface area contributed by atoms with Crippen molar-refractivity contribution < 1.29 is 38.1 Å². The van der Waals surface area contributed by atoms with E-state index >= 15 is 0 Å². The number of esters is 2. The highest BCUT2D eigenvalue weighted by Crippen LogP contribution is 2.28. The molecule has 10 nitrogen and oxygen atoms in total. The lowest BCUT2D eigenvalue weighted by Crippen LogP contribution is -2.36. The number of ether oxygens (including phenoxy) is 4. The predicted molar refractivity (Wildman–Crippen MR) is 111 cm³/mol. The first-order chi connectivity index (χ1) is 14.8. The third kappa shape index (κ3) is 12.3. The molecule has 0 spiro atoms. The van der Waals surface area contributed by atoms with Crippen LogP contribution in [0.1, 0.15) is 32.6 Å². The normalized spacial score (nSPS) is 17.6. The molecule has 1 aliphatic carbocycles. The minimum absolute atomic E-state index is 0.0247. The highest BCUT2D eigenvalue weighted by atomic mass is 16.6. The molecule has 2 unspecified atom stereocenters. The van der Waals surface area contributed by atoms with Gasteiger partial charge in [0.2, 0.25) is 0 Å². The molecule has 174 valence electrons. The Labute approximate surface area is 182 Å². The van der Waals surface area contributed by atoms with Gasteiger partial charge in [0.1, 0.15) is 26.4 Å². The molecule has 0 heterocycles. The van der Waals surface area contributed by atoms with Gasteiger partial charge in [-0.25, -0.2) is 19.2 Å². The molecule has 0 radical (unpaired) electrons. The Hall–Kier alpha value is -3.04. The Morgan fingerprint density at radius 1 is 0.871 bits per heavy atom. The van der Waals surface area contributed by atoms with Crippen LogP contribution in [-0.2, 0) is 28.5 Å². The predicted octanol–water partition coefficient (Wildman–Crippen LogP) is 2.09. The van der Waals surface area contributed by atoms with E-state index in [4.69, 9.17) is 18.9 Å². The van der Waals surface area contributed by atoms with Crippen LogP contribution in [0.15, 0.2) is 24.8 Å². The molecule has 1 rings (SSSR count). The van der Waals surface area contributed by atoms with Gasteiger partial charge >= 0.3 is 24.1 Å². The molecule has 2 atom stereocenters. The number of carbonyl (C=O) groups excluding carboxylic acids is 4. The number of hydrogen-bond acceptors (Lipinski definition) is 8. The zero-order valence-electron chi connectivity index (χ0n) is 18.0. The van der Waals surface area contributed by atoms with Crippen LogP contribution in [0.4, 0.5) is 9.59 Å². The summed E-state index contributed by atoms with van der Waals surface area (Å²) in [7, 11) is 0. The summed E-state index contributed by atoms with van der Waals surface area (Å²) in [6, 6.07) is 0. The van der Waals surface area contributed by atoms with Crippen molar-refractivity contribution in [3.05, 3.63) is 24.8 Å². The van der Waals surface area contributed by atoms with Crippen molar-refractivity contribution in [1.29, 1.82) is 0 Å². The second kappa shape index (κ2) is 14.9. The number of nitrogens with one attached hydrogen (secondary N) is 2. The molecule has 2 N–H and O–H groups in total. The van der Waals surface area contributed by atoms with E-state index in [2.05, 4.69) is 23.8 Å². The van der Waals surface area contributed by atoms with Crippen LogP contribution in [0.3, 0.4) is 0 Å². The van der Waals surface area contributed by atoms with E-state index in [0.717, 1.165) is 31.8 Å². The molecule has 0 aromatic rings. The van der Waals surface area contributed by atoms with E-state index in [1.807, 2.05) is 0 Å². The van der Waals surface area contributed by atoms with Gasteiger partial charge in [-0.1, -0.05) is 19.6 Å². The van der Waals surface area contributed by atoms with Crippen molar-refractivity contribution in [3.8, 4) is 0 Å². The van der Waals surface area contributed by atoms with Gasteiger partial charge in [0, 0.05) is 24.7 Å². The molecular weight excluding hydrogens is 408 g/mol. The Bertz CT molecular complexity index is 649. The van der Waals surface area contributed by atoms with Crippen molar-refractivity contribution in [2.24, 2.45) is 11.8 Å². The van der Waals surface area contributed by atoms with Crippen molar-refractivity contribution >= 4 is 24.1 Å². The first kappa shape index (κ1) is 26.0. The summed E-state index contributed by atoms with van der Waals surface area (Å²) in [4.78, 5) is 45.5. The Balaban J connectivity index is 2.14. The minimum Gasteiger partial charge on any atom is -0.459 e. The maximum Gasteiger partial charge on any atom is 0.407 e. The molecule has 10 heteroatoms. The van der Waals surface area contributed by atoms with Crippen LogP contribution >= 0.6 is 0 Å². The van der Waals surface area contributed by atoms with Crippen LogP contribution in [0.25, 0.3) is 0 Å². The highest BCUT2D eigenvalue weighted by molar-refractivity contribution is 5.86. The summed E-state index contributed by atoms with van der Waals surface area (Å²) in [5, 5.41) is 5.43. The Morgan fingerprint density at radius 3 is 1.84 bits per heavy atom. The number of alkyl carbamates (subject to hydrolysis) is 2. The third-order valence-corrected chi connectivity index (χ3v) is 4.59. The summed E-state index contributed by atoms with van der Waals surface area (Å²) in [5.41, 5.74) is 0.285. The lowest BCUT2D eigenvalue weighted by atomic mass is 9.81. The van der Waals surface area contributed by atoms with Crippen molar-refractivity contribution in [2.45, 2.75) is 32.6 Å². The van der Waals surface area contributed by atoms with Crippen LogP contribution in [0.2, 0.25) is 0 Å². The van der Waals surface area contributed by atoms with Crippen LogP contribution in [0, 0.1) is 11.8 Å². The van der Waals surface area contributed by atoms with E-state index in [1.54, 1.807) is 0 Å². The van der Waals surface area contributed by atoms with E-state index in [1.165, 1.54) is 6.92 Å². The van der Waals surface area contributed by atoms with Gasteiger partial charge in [-0.3, -0.25) is 0 Å². The average molecular weight is 440 g/mol. The minimum atomic E-state index is -0.569. The van der Waals surface area contributed by atoms with E-state index in [0.29, 0.717) is 13.1 Å². The molecule has 1 aliphatic rings. The summed E-state index contributed by atoms with van der Waals surface area (Å²) in [6.07, 6.45) is 3.72. The van der Waals surface area contributed by atoms with Gasteiger partial charge in [0.15, 0.2) is 0 Å². The maximum atomic E-state index is 11.7. The molecule has 2 amide bonds. The van der Waals surface area contributed by atoms with Gasteiger partial charge in [-0.05, 0) is 38.0 Å². The second-order valence-corrected chi connectivity index (χ2v) is 7.22. The topological polar surface area (TPSA) is 129 Å². The monoisotopic (exact) mass is 440 g/mol.